The van der Waals surface area contributed by atoms with Gasteiger partial charge in [0, 0.05) is 10.8 Å². The summed E-state index contributed by atoms with van der Waals surface area (Å²) in [6.07, 6.45) is 8.71. The van der Waals surface area contributed by atoms with E-state index in [-0.39, 0.29) is 28.5 Å². The molecule has 2 N–H and O–H groups in total. The van der Waals surface area contributed by atoms with Crippen molar-refractivity contribution in [2.24, 2.45) is 28.1 Å². The van der Waals surface area contributed by atoms with E-state index in [0.717, 1.165) is 32.1 Å². The van der Waals surface area contributed by atoms with Gasteiger partial charge in [0.2, 0.25) is 0 Å². The maximum absolute atomic E-state index is 11.1. The van der Waals surface area contributed by atoms with Crippen molar-refractivity contribution in [3.63, 3.8) is 0 Å². The predicted octanol–water partition coefficient (Wildman–Crippen LogP) is 4.08. The van der Waals surface area contributed by atoms with Gasteiger partial charge in [0.05, 0.1) is 12.2 Å². The molecule has 2 fully saturated rings. The highest BCUT2D eigenvalue weighted by molar-refractivity contribution is 5.29. The molecule has 3 aliphatic carbocycles. The Bertz CT molecular complexity index is 506. The Hall–Kier alpha value is -0.600. The molecule has 2 heteroatoms. The molecule has 2 saturated carbocycles. The average molecular weight is 304 g/mol. The lowest BCUT2D eigenvalue weighted by Gasteiger charge is -2.60. The Morgan fingerprint density at radius 2 is 1.77 bits per heavy atom. The molecule has 0 radical (unpaired) electrons. The molecule has 6 unspecified atom stereocenters. The lowest BCUT2D eigenvalue weighted by atomic mass is 9.45. The second-order valence-electron chi connectivity index (χ2n) is 9.11. The van der Waals surface area contributed by atoms with Gasteiger partial charge < -0.3 is 10.2 Å². The van der Waals surface area contributed by atoms with Crippen molar-refractivity contribution in [1.29, 1.82) is 0 Å². The molecule has 124 valence electrons. The van der Waals surface area contributed by atoms with Crippen molar-refractivity contribution in [3.8, 4) is 0 Å². The largest absolute Gasteiger partial charge is 0.392 e. The molecule has 3 aliphatic rings. The predicted molar refractivity (Wildman–Crippen MR) is 90.4 cm³/mol. The van der Waals surface area contributed by atoms with Gasteiger partial charge in [-0.25, -0.2) is 0 Å². The third kappa shape index (κ3) is 2.06. The van der Waals surface area contributed by atoms with E-state index < -0.39 is 0 Å². The van der Waals surface area contributed by atoms with Crippen molar-refractivity contribution in [2.75, 3.05) is 0 Å². The van der Waals surface area contributed by atoms with Crippen LogP contribution in [0.25, 0.3) is 0 Å². The highest BCUT2D eigenvalue weighted by Crippen LogP contribution is 2.63. The fraction of sp³-hybridized carbons (Fsp3) is 0.800. The number of allylic oxidation sites excluding steroid dienone is 2. The summed E-state index contributed by atoms with van der Waals surface area (Å²) in [5, 5.41) is 21.5. The molecule has 0 aromatic rings. The summed E-state index contributed by atoms with van der Waals surface area (Å²) in [5.41, 5.74) is 1.24. The summed E-state index contributed by atoms with van der Waals surface area (Å²) in [7, 11) is 0. The first-order valence-electron chi connectivity index (χ1n) is 8.85. The van der Waals surface area contributed by atoms with Gasteiger partial charge in [0.15, 0.2) is 0 Å². The molecule has 0 saturated heterocycles. The standard InChI is InChI=1S/C20H32O2/c1-6-19(4)11-13-7-8-14-15(20(13,5)17(22)12-19)9-10-16(21)18(14,2)3/h6,8,13,15-17,21-22H,1,7,9-12H2,2-5H3. The topological polar surface area (TPSA) is 40.5 Å². The smallest absolute Gasteiger partial charge is 0.0628 e. The molecule has 3 rings (SSSR count). The molecular formula is C20H32O2. The van der Waals surface area contributed by atoms with Gasteiger partial charge in [0.25, 0.3) is 0 Å². The minimum Gasteiger partial charge on any atom is -0.392 e. The van der Waals surface area contributed by atoms with Crippen molar-refractivity contribution in [1.82, 2.24) is 0 Å². The lowest BCUT2D eigenvalue weighted by Crippen LogP contribution is -2.57. The number of hydrogen-bond acceptors (Lipinski definition) is 2. The Kier molecular flexibility index (Phi) is 3.66. The molecule has 0 aromatic carbocycles. The van der Waals surface area contributed by atoms with Crippen molar-refractivity contribution in [2.45, 2.75) is 72.0 Å². The third-order valence-electron chi connectivity index (χ3n) is 7.52. The van der Waals surface area contributed by atoms with E-state index in [0.29, 0.717) is 11.8 Å². The van der Waals surface area contributed by atoms with Crippen LogP contribution in [0.15, 0.2) is 24.3 Å². The average Bonchev–Trinajstić information content (AvgIpc) is 2.45. The summed E-state index contributed by atoms with van der Waals surface area (Å²) < 4.78 is 0. The van der Waals surface area contributed by atoms with Gasteiger partial charge in [-0.2, -0.15) is 0 Å². The summed E-state index contributed by atoms with van der Waals surface area (Å²) in [6.45, 7) is 12.9. The molecule has 0 amide bonds. The number of aliphatic hydroxyl groups excluding tert-OH is 2. The lowest BCUT2D eigenvalue weighted by molar-refractivity contribution is -0.125. The van der Waals surface area contributed by atoms with Crippen LogP contribution in [0.1, 0.15) is 59.8 Å². The summed E-state index contributed by atoms with van der Waals surface area (Å²) in [6, 6.07) is 0. The van der Waals surface area contributed by atoms with E-state index in [2.05, 4.69) is 40.3 Å². The number of aliphatic hydroxyl groups is 2. The molecule has 2 nitrogen and oxygen atoms in total. The molecule has 6 atom stereocenters. The third-order valence-corrected chi connectivity index (χ3v) is 7.52. The summed E-state index contributed by atoms with van der Waals surface area (Å²) in [4.78, 5) is 0. The van der Waals surface area contributed by atoms with Crippen molar-refractivity contribution >= 4 is 0 Å². The zero-order chi connectivity index (χ0) is 16.3. The highest BCUT2D eigenvalue weighted by atomic mass is 16.3. The molecule has 0 bridgehead atoms. The van der Waals surface area contributed by atoms with Crippen LogP contribution < -0.4 is 0 Å². The van der Waals surface area contributed by atoms with E-state index in [1.54, 1.807) is 0 Å². The number of fused-ring (bicyclic) bond motifs is 3. The van der Waals surface area contributed by atoms with E-state index >= 15 is 0 Å². The minimum absolute atomic E-state index is 0.0516. The zero-order valence-electron chi connectivity index (χ0n) is 14.6. The molecule has 0 heterocycles. The normalized spacial score (nSPS) is 50.5. The highest BCUT2D eigenvalue weighted by Gasteiger charge is 2.58. The summed E-state index contributed by atoms with van der Waals surface area (Å²) >= 11 is 0. The van der Waals surface area contributed by atoms with Gasteiger partial charge in [-0.1, -0.05) is 45.4 Å². The second kappa shape index (κ2) is 4.95. The van der Waals surface area contributed by atoms with Crippen LogP contribution in [-0.4, -0.2) is 22.4 Å². The van der Waals surface area contributed by atoms with Crippen LogP contribution >= 0.6 is 0 Å². The molecule has 0 spiro atoms. The minimum atomic E-state index is -0.283. The maximum Gasteiger partial charge on any atom is 0.0628 e. The number of hydrogen-bond donors (Lipinski definition) is 2. The van der Waals surface area contributed by atoms with Crippen molar-refractivity contribution < 1.29 is 10.2 Å². The Morgan fingerprint density at radius 1 is 1.09 bits per heavy atom. The van der Waals surface area contributed by atoms with Gasteiger partial charge in [-0.05, 0) is 49.4 Å². The van der Waals surface area contributed by atoms with E-state index in [1.807, 2.05) is 6.08 Å². The first kappa shape index (κ1) is 16.3. The van der Waals surface area contributed by atoms with Crippen LogP contribution in [0.4, 0.5) is 0 Å². The molecule has 0 aromatic heterocycles. The van der Waals surface area contributed by atoms with Crippen LogP contribution in [0, 0.1) is 28.1 Å². The van der Waals surface area contributed by atoms with Crippen LogP contribution in [-0.2, 0) is 0 Å². The van der Waals surface area contributed by atoms with Crippen LogP contribution in [0.3, 0.4) is 0 Å². The van der Waals surface area contributed by atoms with E-state index in [4.69, 9.17) is 0 Å². The fourth-order valence-corrected chi connectivity index (χ4v) is 5.62. The second-order valence-corrected chi connectivity index (χ2v) is 9.11. The van der Waals surface area contributed by atoms with Gasteiger partial charge >= 0.3 is 0 Å². The fourth-order valence-electron chi connectivity index (χ4n) is 5.62. The molecular weight excluding hydrogens is 272 g/mol. The summed E-state index contributed by atoms with van der Waals surface area (Å²) in [5.74, 6) is 0.924. The van der Waals surface area contributed by atoms with E-state index in [1.165, 1.54) is 5.57 Å². The van der Waals surface area contributed by atoms with Gasteiger partial charge in [0.1, 0.15) is 0 Å². The zero-order valence-corrected chi connectivity index (χ0v) is 14.6. The maximum atomic E-state index is 11.1. The van der Waals surface area contributed by atoms with E-state index in [9.17, 15) is 10.2 Å². The van der Waals surface area contributed by atoms with Gasteiger partial charge in [-0.15, -0.1) is 6.58 Å². The quantitative estimate of drug-likeness (QED) is 0.717. The SMILES string of the molecule is C=CC1(C)CC(O)C2(C)C(CC=C3C2CCC(O)C3(C)C)C1. The van der Waals surface area contributed by atoms with Crippen molar-refractivity contribution in [3.05, 3.63) is 24.3 Å². The van der Waals surface area contributed by atoms with Crippen LogP contribution in [0.2, 0.25) is 0 Å². The first-order chi connectivity index (χ1) is 10.1. The van der Waals surface area contributed by atoms with Gasteiger partial charge in [-0.3, -0.25) is 0 Å². The Balaban J connectivity index is 2.01. The molecule has 22 heavy (non-hydrogen) atoms. The first-order valence-corrected chi connectivity index (χ1v) is 8.85. The molecule has 0 aliphatic heterocycles. The number of rotatable bonds is 1. The Morgan fingerprint density at radius 3 is 2.41 bits per heavy atom. The monoisotopic (exact) mass is 304 g/mol. The Labute approximate surface area is 135 Å². The van der Waals surface area contributed by atoms with Crippen LogP contribution in [0.5, 0.6) is 0 Å².